The molecule has 0 aliphatic heterocycles. The first-order chi connectivity index (χ1) is 9.60. The highest BCUT2D eigenvalue weighted by Crippen LogP contribution is 2.22. The molecule has 0 heterocycles. The van der Waals surface area contributed by atoms with Crippen LogP contribution in [-0.2, 0) is 13.0 Å². The Bertz CT molecular complexity index is 596. The molecule has 0 amide bonds. The lowest BCUT2D eigenvalue weighted by atomic mass is 10.1. The Morgan fingerprint density at radius 1 is 1.05 bits per heavy atom. The van der Waals surface area contributed by atoms with Gasteiger partial charge >= 0.3 is 0 Å². The Balaban J connectivity index is 2.16. The van der Waals surface area contributed by atoms with Crippen LogP contribution in [-0.4, -0.2) is 6.54 Å². The van der Waals surface area contributed by atoms with Crippen LogP contribution in [0.15, 0.2) is 36.4 Å². The topological polar surface area (TPSA) is 35.2 Å². The Morgan fingerprint density at radius 2 is 1.85 bits per heavy atom. The third-order valence-corrected chi connectivity index (χ3v) is 3.32. The molecule has 0 saturated carbocycles. The predicted molar refractivity (Wildman–Crippen MR) is 79.4 cm³/mol. The maximum absolute atomic E-state index is 13.3. The summed E-state index contributed by atoms with van der Waals surface area (Å²) >= 11 is 0. The van der Waals surface area contributed by atoms with Gasteiger partial charge in [-0.05, 0) is 61.7 Å². The van der Waals surface area contributed by atoms with Gasteiger partial charge in [0.15, 0.2) is 0 Å². The Labute approximate surface area is 119 Å². The Kier molecular flexibility index (Phi) is 4.74. The average Bonchev–Trinajstić information content (AvgIpc) is 2.42. The van der Waals surface area contributed by atoms with Gasteiger partial charge in [0.05, 0.1) is 0 Å². The summed E-state index contributed by atoms with van der Waals surface area (Å²) < 4.78 is 19.1. The van der Waals surface area contributed by atoms with E-state index < -0.39 is 0 Å². The van der Waals surface area contributed by atoms with Crippen molar-refractivity contribution in [2.45, 2.75) is 26.9 Å². The minimum absolute atomic E-state index is 0.257. The number of ether oxygens (including phenoxy) is 1. The Hall–Kier alpha value is -1.87. The van der Waals surface area contributed by atoms with Gasteiger partial charge in [0, 0.05) is 0 Å². The summed E-state index contributed by atoms with van der Waals surface area (Å²) in [7, 11) is 0. The maximum Gasteiger partial charge on any atom is 0.123 e. The molecule has 2 nitrogen and oxygen atoms in total. The zero-order valence-corrected chi connectivity index (χ0v) is 11.9. The van der Waals surface area contributed by atoms with Crippen LogP contribution in [0.3, 0.4) is 0 Å². The van der Waals surface area contributed by atoms with Crippen molar-refractivity contribution < 1.29 is 9.13 Å². The molecule has 0 unspecified atom stereocenters. The van der Waals surface area contributed by atoms with Gasteiger partial charge in [0.25, 0.3) is 0 Å². The second-order valence-corrected chi connectivity index (χ2v) is 5.01. The van der Waals surface area contributed by atoms with Crippen molar-refractivity contribution in [3.8, 4) is 5.75 Å². The molecule has 2 rings (SSSR count). The van der Waals surface area contributed by atoms with Crippen molar-refractivity contribution in [2.24, 2.45) is 5.73 Å². The van der Waals surface area contributed by atoms with Crippen molar-refractivity contribution in [1.82, 2.24) is 0 Å². The molecule has 0 aliphatic carbocycles. The molecular formula is C17H20FNO. The van der Waals surface area contributed by atoms with Crippen molar-refractivity contribution >= 4 is 0 Å². The van der Waals surface area contributed by atoms with Gasteiger partial charge in [-0.3, -0.25) is 0 Å². The quantitative estimate of drug-likeness (QED) is 0.904. The van der Waals surface area contributed by atoms with E-state index in [1.54, 1.807) is 6.07 Å². The predicted octanol–water partition coefficient (Wildman–Crippen LogP) is 3.52. The van der Waals surface area contributed by atoms with E-state index >= 15 is 0 Å². The number of nitrogens with two attached hydrogens (primary N) is 1. The highest BCUT2D eigenvalue weighted by molar-refractivity contribution is 5.35. The highest BCUT2D eigenvalue weighted by Gasteiger charge is 2.06. The second-order valence-electron chi connectivity index (χ2n) is 5.01. The molecule has 0 fully saturated rings. The summed E-state index contributed by atoms with van der Waals surface area (Å²) in [5.74, 6) is 0.449. The van der Waals surface area contributed by atoms with Crippen LogP contribution in [0.5, 0.6) is 5.75 Å². The summed E-state index contributed by atoms with van der Waals surface area (Å²) in [6.45, 7) is 5.07. The van der Waals surface area contributed by atoms with Crippen molar-refractivity contribution in [3.05, 3.63) is 64.5 Å². The summed E-state index contributed by atoms with van der Waals surface area (Å²) in [5.41, 5.74) is 9.91. The number of hydrogen-bond donors (Lipinski definition) is 1. The number of hydrogen-bond acceptors (Lipinski definition) is 2. The fraction of sp³-hybridized carbons (Fsp3) is 0.294. The molecule has 0 bridgehead atoms. The van der Waals surface area contributed by atoms with Crippen LogP contribution < -0.4 is 10.5 Å². The average molecular weight is 273 g/mol. The highest BCUT2D eigenvalue weighted by atomic mass is 19.1. The van der Waals surface area contributed by atoms with E-state index in [9.17, 15) is 4.39 Å². The van der Waals surface area contributed by atoms with E-state index in [-0.39, 0.29) is 5.82 Å². The number of benzene rings is 2. The Morgan fingerprint density at radius 3 is 2.60 bits per heavy atom. The van der Waals surface area contributed by atoms with Crippen LogP contribution >= 0.6 is 0 Å². The van der Waals surface area contributed by atoms with E-state index in [1.807, 2.05) is 0 Å². The summed E-state index contributed by atoms with van der Waals surface area (Å²) in [6.07, 6.45) is 0.611. The van der Waals surface area contributed by atoms with E-state index in [1.165, 1.54) is 23.3 Å². The lowest BCUT2D eigenvalue weighted by molar-refractivity contribution is 0.301. The van der Waals surface area contributed by atoms with E-state index in [0.29, 0.717) is 25.3 Å². The minimum Gasteiger partial charge on any atom is -0.489 e. The molecule has 20 heavy (non-hydrogen) atoms. The van der Waals surface area contributed by atoms with E-state index in [4.69, 9.17) is 10.5 Å². The first-order valence-corrected chi connectivity index (χ1v) is 6.77. The molecule has 106 valence electrons. The molecule has 0 aliphatic rings. The monoisotopic (exact) mass is 273 g/mol. The number of aryl methyl sites for hydroxylation is 2. The molecule has 0 saturated heterocycles. The van der Waals surface area contributed by atoms with Crippen molar-refractivity contribution in [2.75, 3.05) is 6.54 Å². The second kappa shape index (κ2) is 6.53. The molecule has 0 aromatic heterocycles. The minimum atomic E-state index is -0.257. The van der Waals surface area contributed by atoms with Gasteiger partial charge < -0.3 is 10.5 Å². The molecule has 3 heteroatoms. The fourth-order valence-corrected chi connectivity index (χ4v) is 2.15. The largest absolute Gasteiger partial charge is 0.489 e. The molecular weight excluding hydrogens is 253 g/mol. The molecule has 2 aromatic carbocycles. The molecule has 0 atom stereocenters. The number of rotatable bonds is 5. The zero-order chi connectivity index (χ0) is 14.5. The van der Waals surface area contributed by atoms with Gasteiger partial charge in [-0.25, -0.2) is 4.39 Å². The van der Waals surface area contributed by atoms with Crippen LogP contribution in [0, 0.1) is 19.7 Å². The van der Waals surface area contributed by atoms with E-state index in [2.05, 4.69) is 32.0 Å². The van der Waals surface area contributed by atoms with Crippen LogP contribution in [0.4, 0.5) is 4.39 Å². The number of halogens is 1. The van der Waals surface area contributed by atoms with Crippen LogP contribution in [0.1, 0.15) is 22.3 Å². The van der Waals surface area contributed by atoms with Crippen LogP contribution in [0.2, 0.25) is 0 Å². The molecule has 2 aromatic rings. The smallest absolute Gasteiger partial charge is 0.123 e. The van der Waals surface area contributed by atoms with Gasteiger partial charge in [0.2, 0.25) is 0 Å². The lowest BCUT2D eigenvalue weighted by Crippen LogP contribution is -2.06. The van der Waals surface area contributed by atoms with Gasteiger partial charge in [0.1, 0.15) is 18.2 Å². The zero-order valence-electron chi connectivity index (χ0n) is 11.9. The summed E-state index contributed by atoms with van der Waals surface area (Å²) in [6, 6.07) is 10.9. The first kappa shape index (κ1) is 14.5. The third kappa shape index (κ3) is 3.58. The first-order valence-electron chi connectivity index (χ1n) is 6.77. The van der Waals surface area contributed by atoms with Gasteiger partial charge in [-0.15, -0.1) is 0 Å². The fourth-order valence-electron chi connectivity index (χ4n) is 2.15. The van der Waals surface area contributed by atoms with Crippen molar-refractivity contribution in [1.29, 1.82) is 0 Å². The maximum atomic E-state index is 13.3. The summed E-state index contributed by atoms with van der Waals surface area (Å²) in [5, 5.41) is 0. The normalized spacial score (nSPS) is 10.6. The van der Waals surface area contributed by atoms with Crippen molar-refractivity contribution in [3.63, 3.8) is 0 Å². The van der Waals surface area contributed by atoms with Gasteiger partial charge in [-0.2, -0.15) is 0 Å². The lowest BCUT2D eigenvalue weighted by Gasteiger charge is -2.13. The molecule has 0 radical (unpaired) electrons. The summed E-state index contributed by atoms with van der Waals surface area (Å²) in [4.78, 5) is 0. The standard InChI is InChI=1S/C17H20FNO/c1-12-3-4-13(2)15(9-12)11-20-17-6-5-16(18)10-14(17)7-8-19/h3-6,9-10H,7-8,11,19H2,1-2H3. The SMILES string of the molecule is Cc1ccc(C)c(COc2ccc(F)cc2CCN)c1. The third-order valence-electron chi connectivity index (χ3n) is 3.32. The van der Waals surface area contributed by atoms with Crippen LogP contribution in [0.25, 0.3) is 0 Å². The molecule has 2 N–H and O–H groups in total. The van der Waals surface area contributed by atoms with Gasteiger partial charge in [-0.1, -0.05) is 23.8 Å². The molecule has 0 spiro atoms. The van der Waals surface area contributed by atoms with E-state index in [0.717, 1.165) is 11.1 Å².